The lowest BCUT2D eigenvalue weighted by atomic mass is 10.0. The number of aromatic nitrogens is 1. The maximum absolute atomic E-state index is 10.7. The van der Waals surface area contributed by atoms with Gasteiger partial charge in [-0.15, -0.1) is 0 Å². The molecule has 122 valence electrons. The third-order valence-corrected chi connectivity index (χ3v) is 3.55. The van der Waals surface area contributed by atoms with Gasteiger partial charge in [0, 0.05) is 21.4 Å². The second-order valence-corrected chi connectivity index (χ2v) is 6.15. The minimum Gasteiger partial charge on any atom is -0.481 e. The van der Waals surface area contributed by atoms with Gasteiger partial charge in [-0.05, 0) is 18.5 Å². The molecule has 1 aliphatic heterocycles. The van der Waals surface area contributed by atoms with E-state index in [1.54, 1.807) is 30.5 Å². The van der Waals surface area contributed by atoms with Crippen molar-refractivity contribution in [2.45, 2.75) is 17.2 Å². The van der Waals surface area contributed by atoms with Gasteiger partial charge in [-0.1, -0.05) is 53.5 Å². The van der Waals surface area contributed by atoms with Crippen LogP contribution in [0.15, 0.2) is 42.6 Å². The molecule has 0 saturated carbocycles. The van der Waals surface area contributed by atoms with Crippen LogP contribution in [-0.4, -0.2) is 22.7 Å². The molecule has 0 spiro atoms. The van der Waals surface area contributed by atoms with Gasteiger partial charge in [0.15, 0.2) is 4.46 Å². The van der Waals surface area contributed by atoms with Crippen LogP contribution >= 0.6 is 23.2 Å². The van der Waals surface area contributed by atoms with Crippen LogP contribution in [0.4, 0.5) is 0 Å². The zero-order valence-corrected chi connectivity index (χ0v) is 13.4. The van der Waals surface area contributed by atoms with Crippen LogP contribution < -0.4 is 10.5 Å². The SMILES string of the molecule is O=C(O)C1COc2ncccc21.[2H]C([2H])([2H])c1ccccc1C(N)(Cl)Cl. The number of halogens is 2. The van der Waals surface area contributed by atoms with Crippen LogP contribution in [0.5, 0.6) is 5.88 Å². The Balaban J connectivity index is 0.000000189. The molecule has 3 N–H and O–H groups in total. The van der Waals surface area contributed by atoms with Crippen LogP contribution in [0.2, 0.25) is 0 Å². The summed E-state index contributed by atoms with van der Waals surface area (Å²) in [6.45, 7) is -2.06. The fourth-order valence-corrected chi connectivity index (χ4v) is 2.35. The zero-order chi connectivity index (χ0) is 19.5. The number of alkyl halides is 2. The summed E-state index contributed by atoms with van der Waals surface area (Å²) in [5.74, 6) is -0.958. The first-order valence-electron chi connectivity index (χ1n) is 8.09. The van der Waals surface area contributed by atoms with E-state index in [9.17, 15) is 4.79 Å². The number of hydrogen-bond donors (Lipinski definition) is 2. The van der Waals surface area contributed by atoms with Crippen molar-refractivity contribution in [3.8, 4) is 5.88 Å². The van der Waals surface area contributed by atoms with Crippen LogP contribution in [-0.2, 0) is 9.25 Å². The maximum Gasteiger partial charge on any atom is 0.314 e. The molecule has 1 aromatic heterocycles. The third kappa shape index (κ3) is 4.34. The highest BCUT2D eigenvalue weighted by Gasteiger charge is 2.30. The molecule has 3 rings (SSSR count). The van der Waals surface area contributed by atoms with E-state index in [0.717, 1.165) is 0 Å². The molecule has 23 heavy (non-hydrogen) atoms. The van der Waals surface area contributed by atoms with Gasteiger partial charge in [0.1, 0.15) is 12.5 Å². The number of nitrogens with two attached hydrogens (primary N) is 1. The van der Waals surface area contributed by atoms with Crippen LogP contribution in [0.3, 0.4) is 0 Å². The van der Waals surface area contributed by atoms with Crippen molar-refractivity contribution in [2.75, 3.05) is 6.61 Å². The normalized spacial score (nSPS) is 18.4. The molecule has 0 bridgehead atoms. The second-order valence-electron chi connectivity index (χ2n) is 4.77. The van der Waals surface area contributed by atoms with E-state index in [2.05, 4.69) is 4.98 Å². The quantitative estimate of drug-likeness (QED) is 0.636. The Morgan fingerprint density at radius 1 is 1.43 bits per heavy atom. The number of fused-ring (bicyclic) bond motifs is 1. The zero-order valence-electron chi connectivity index (χ0n) is 14.9. The van der Waals surface area contributed by atoms with E-state index in [1.807, 2.05) is 0 Å². The highest BCUT2D eigenvalue weighted by molar-refractivity contribution is 6.47. The van der Waals surface area contributed by atoms with E-state index in [4.69, 9.17) is 42.9 Å². The van der Waals surface area contributed by atoms with Gasteiger partial charge in [-0.2, -0.15) is 0 Å². The molecule has 0 aliphatic carbocycles. The summed E-state index contributed by atoms with van der Waals surface area (Å²) in [6.07, 6.45) is 1.59. The van der Waals surface area contributed by atoms with Gasteiger partial charge in [0.2, 0.25) is 5.88 Å². The van der Waals surface area contributed by atoms with Gasteiger partial charge in [-0.25, -0.2) is 4.98 Å². The molecule has 0 saturated heterocycles. The summed E-state index contributed by atoms with van der Waals surface area (Å²) < 4.78 is 25.2. The van der Waals surface area contributed by atoms with Crippen molar-refractivity contribution in [3.63, 3.8) is 0 Å². The number of carboxylic acids is 1. The Morgan fingerprint density at radius 2 is 2.17 bits per heavy atom. The first-order valence-corrected chi connectivity index (χ1v) is 7.34. The molecule has 1 aromatic carbocycles. The monoisotopic (exact) mass is 357 g/mol. The minimum atomic E-state index is -2.26. The van der Waals surface area contributed by atoms with Crippen molar-refractivity contribution in [3.05, 3.63) is 59.3 Å². The Labute approximate surface area is 148 Å². The lowest BCUT2D eigenvalue weighted by Crippen LogP contribution is -2.23. The number of ether oxygens (including phenoxy) is 1. The van der Waals surface area contributed by atoms with Gasteiger partial charge < -0.3 is 9.84 Å². The predicted octanol–water partition coefficient (Wildman–Crippen LogP) is 3.18. The van der Waals surface area contributed by atoms with Crippen molar-refractivity contribution in [2.24, 2.45) is 5.73 Å². The van der Waals surface area contributed by atoms with Crippen LogP contribution in [0.1, 0.15) is 26.7 Å². The number of aryl methyl sites for hydroxylation is 1. The van der Waals surface area contributed by atoms with Gasteiger partial charge >= 0.3 is 5.97 Å². The Kier molecular flexibility index (Phi) is 4.24. The number of rotatable bonds is 2. The number of carbonyl (C=O) groups is 1. The number of hydrogen-bond acceptors (Lipinski definition) is 4. The van der Waals surface area contributed by atoms with Crippen LogP contribution in [0.25, 0.3) is 0 Å². The predicted molar refractivity (Wildman–Crippen MR) is 88.9 cm³/mol. The van der Waals surface area contributed by atoms with Crippen LogP contribution in [0, 0.1) is 6.85 Å². The van der Waals surface area contributed by atoms with E-state index >= 15 is 0 Å². The molecular formula is C16H16Cl2N2O3. The van der Waals surface area contributed by atoms with Crippen molar-refractivity contribution in [1.29, 1.82) is 0 Å². The molecule has 1 atom stereocenters. The highest BCUT2D eigenvalue weighted by Crippen LogP contribution is 2.31. The van der Waals surface area contributed by atoms with E-state index in [0.29, 0.717) is 11.4 Å². The van der Waals surface area contributed by atoms with Gasteiger partial charge in [0.25, 0.3) is 0 Å². The maximum atomic E-state index is 10.7. The second kappa shape index (κ2) is 7.17. The highest BCUT2D eigenvalue weighted by atomic mass is 35.5. The number of carboxylic acid groups (broad SMARTS) is 1. The average Bonchev–Trinajstić information content (AvgIpc) is 2.98. The molecule has 1 aliphatic rings. The summed E-state index contributed by atoms with van der Waals surface area (Å²) in [7, 11) is 0. The Hall–Kier alpha value is -1.82. The van der Waals surface area contributed by atoms with E-state index < -0.39 is 23.2 Å². The molecule has 2 aromatic rings. The third-order valence-electron chi connectivity index (χ3n) is 3.15. The first kappa shape index (κ1) is 13.6. The molecule has 0 amide bonds. The average molecular weight is 358 g/mol. The molecule has 0 fully saturated rings. The molecule has 5 nitrogen and oxygen atoms in total. The number of pyridine rings is 1. The number of nitrogens with zero attached hydrogens (tertiary/aromatic N) is 1. The molecule has 0 radical (unpaired) electrons. The van der Waals surface area contributed by atoms with E-state index in [1.165, 1.54) is 12.1 Å². The summed E-state index contributed by atoms with van der Waals surface area (Å²) >= 11 is 11.3. The largest absolute Gasteiger partial charge is 0.481 e. The lowest BCUT2D eigenvalue weighted by Gasteiger charge is -2.15. The van der Waals surface area contributed by atoms with Crippen molar-refractivity contribution < 1.29 is 18.8 Å². The lowest BCUT2D eigenvalue weighted by molar-refractivity contribution is -0.138. The standard InChI is InChI=1S/C8H9Cl2N.C8H7NO3/c1-6-4-2-3-5-7(6)8(9,10)11;10-8(11)6-4-12-7-5(6)2-1-3-9-7/h2-5H,11H2,1H3;1-3,6H,4H2,(H,10,11)/i1D3;. The first-order chi connectivity index (χ1) is 12.0. The van der Waals surface area contributed by atoms with Crippen molar-refractivity contribution in [1.82, 2.24) is 4.98 Å². The molecule has 7 heteroatoms. The topological polar surface area (TPSA) is 85.4 Å². The fourth-order valence-electron chi connectivity index (χ4n) is 2.02. The van der Waals surface area contributed by atoms with E-state index in [-0.39, 0.29) is 17.7 Å². The molecule has 1 unspecified atom stereocenters. The summed E-state index contributed by atoms with van der Waals surface area (Å²) in [5.41, 5.74) is 6.39. The molecule has 2 heterocycles. The smallest absolute Gasteiger partial charge is 0.314 e. The number of aliphatic carboxylic acids is 1. The molecular weight excluding hydrogens is 339 g/mol. The summed E-state index contributed by atoms with van der Waals surface area (Å²) in [5, 5.41) is 8.75. The fraction of sp³-hybridized carbons (Fsp3) is 0.250. The van der Waals surface area contributed by atoms with Gasteiger partial charge in [-0.3, -0.25) is 10.5 Å². The van der Waals surface area contributed by atoms with Crippen molar-refractivity contribution >= 4 is 29.2 Å². The number of benzene rings is 1. The van der Waals surface area contributed by atoms with Gasteiger partial charge in [0.05, 0.1) is 0 Å². The summed E-state index contributed by atoms with van der Waals surface area (Å²) in [6, 6.07) is 9.62. The minimum absolute atomic E-state index is 0.0764. The summed E-state index contributed by atoms with van der Waals surface area (Å²) in [4.78, 5) is 14.6. The Morgan fingerprint density at radius 3 is 2.78 bits per heavy atom. The Bertz CT molecular complexity index is 762.